The summed E-state index contributed by atoms with van der Waals surface area (Å²) >= 11 is 1.89. The van der Waals surface area contributed by atoms with Crippen molar-refractivity contribution in [3.05, 3.63) is 15.6 Å². The quantitative estimate of drug-likeness (QED) is 0.808. The molecule has 0 aromatic carbocycles. The summed E-state index contributed by atoms with van der Waals surface area (Å²) in [4.78, 5) is 18.3. The number of rotatable bonds is 5. The second kappa shape index (κ2) is 8.85. The number of aryl methyl sites for hydroxylation is 3. The van der Waals surface area contributed by atoms with Crippen LogP contribution in [0, 0.1) is 5.92 Å². The Balaban J connectivity index is 0.00000176. The topological polar surface area (TPSA) is 54.0 Å². The van der Waals surface area contributed by atoms with Crippen molar-refractivity contribution in [2.75, 3.05) is 19.6 Å². The van der Waals surface area contributed by atoms with Crippen molar-refractivity contribution in [3.63, 3.8) is 0 Å². The van der Waals surface area contributed by atoms with Crippen molar-refractivity contribution in [2.45, 2.75) is 51.4 Å². The van der Waals surface area contributed by atoms with Gasteiger partial charge in [0.1, 0.15) is 0 Å². The molecule has 1 aliphatic carbocycles. The molecule has 1 fully saturated rings. The molecule has 22 heavy (non-hydrogen) atoms. The summed E-state index contributed by atoms with van der Waals surface area (Å²) < 4.78 is 0. The lowest BCUT2D eigenvalue weighted by atomic mass is 9.97. The SMILES string of the molecule is Cl.O=C(NCCCc1nc2c(s1)CCCC2)C1CCNCC1. The van der Waals surface area contributed by atoms with Gasteiger partial charge in [-0.15, -0.1) is 23.7 Å². The summed E-state index contributed by atoms with van der Waals surface area (Å²) in [5.41, 5.74) is 1.35. The van der Waals surface area contributed by atoms with Crippen LogP contribution in [0.1, 0.15) is 47.7 Å². The maximum absolute atomic E-state index is 12.0. The predicted molar refractivity (Wildman–Crippen MR) is 92.9 cm³/mol. The van der Waals surface area contributed by atoms with Gasteiger partial charge in [-0.3, -0.25) is 4.79 Å². The van der Waals surface area contributed by atoms with Crippen molar-refractivity contribution in [1.29, 1.82) is 0 Å². The number of nitrogens with zero attached hydrogens (tertiary/aromatic N) is 1. The largest absolute Gasteiger partial charge is 0.356 e. The summed E-state index contributed by atoms with van der Waals surface area (Å²) in [5.74, 6) is 0.466. The van der Waals surface area contributed by atoms with Crippen LogP contribution in [0.15, 0.2) is 0 Å². The molecule has 2 N–H and O–H groups in total. The van der Waals surface area contributed by atoms with E-state index in [2.05, 4.69) is 10.6 Å². The van der Waals surface area contributed by atoms with Gasteiger partial charge in [-0.2, -0.15) is 0 Å². The van der Waals surface area contributed by atoms with E-state index in [-0.39, 0.29) is 24.2 Å². The molecule has 6 heteroatoms. The minimum absolute atomic E-state index is 0. The number of aromatic nitrogens is 1. The first-order valence-electron chi connectivity index (χ1n) is 8.29. The molecular weight excluding hydrogens is 318 g/mol. The Labute approximate surface area is 142 Å². The zero-order chi connectivity index (χ0) is 14.5. The van der Waals surface area contributed by atoms with Crippen LogP contribution in [0.5, 0.6) is 0 Å². The number of halogens is 1. The number of amides is 1. The van der Waals surface area contributed by atoms with E-state index in [1.54, 1.807) is 0 Å². The molecule has 2 heterocycles. The zero-order valence-corrected chi connectivity index (χ0v) is 14.7. The number of fused-ring (bicyclic) bond motifs is 1. The maximum Gasteiger partial charge on any atom is 0.223 e. The highest BCUT2D eigenvalue weighted by molar-refractivity contribution is 7.11. The molecule has 0 unspecified atom stereocenters. The molecule has 1 saturated heterocycles. The van der Waals surface area contributed by atoms with Crippen molar-refractivity contribution in [2.24, 2.45) is 5.92 Å². The monoisotopic (exact) mass is 343 g/mol. The number of piperidine rings is 1. The number of hydrogen-bond acceptors (Lipinski definition) is 4. The third-order valence-corrected chi connectivity index (χ3v) is 5.68. The first kappa shape index (κ1) is 17.7. The van der Waals surface area contributed by atoms with Gasteiger partial charge in [0.05, 0.1) is 10.7 Å². The normalized spacial score (nSPS) is 18.4. The molecule has 1 aromatic rings. The van der Waals surface area contributed by atoms with E-state index >= 15 is 0 Å². The van der Waals surface area contributed by atoms with E-state index in [0.29, 0.717) is 0 Å². The van der Waals surface area contributed by atoms with E-state index < -0.39 is 0 Å². The Hall–Kier alpha value is -0.650. The average Bonchev–Trinajstić information content (AvgIpc) is 2.95. The van der Waals surface area contributed by atoms with Gasteiger partial charge in [0, 0.05) is 23.8 Å². The molecule has 0 spiro atoms. The smallest absolute Gasteiger partial charge is 0.223 e. The van der Waals surface area contributed by atoms with E-state index in [4.69, 9.17) is 4.98 Å². The predicted octanol–water partition coefficient (Wildman–Crippen LogP) is 2.49. The number of hydrogen-bond donors (Lipinski definition) is 2. The molecule has 0 saturated carbocycles. The van der Waals surface area contributed by atoms with Crippen molar-refractivity contribution < 1.29 is 4.79 Å². The Kier molecular flexibility index (Phi) is 7.12. The third kappa shape index (κ3) is 4.67. The van der Waals surface area contributed by atoms with Crippen molar-refractivity contribution in [1.82, 2.24) is 15.6 Å². The standard InChI is InChI=1S/C16H25N3OS.ClH/c20-16(12-7-10-17-11-8-12)18-9-3-6-15-19-13-4-1-2-5-14(13)21-15;/h12,17H,1-11H2,(H,18,20);1H. The second-order valence-corrected chi connectivity index (χ2v) is 7.27. The highest BCUT2D eigenvalue weighted by atomic mass is 35.5. The van der Waals surface area contributed by atoms with Gasteiger partial charge in [-0.25, -0.2) is 4.98 Å². The summed E-state index contributed by atoms with van der Waals surface area (Å²) in [6, 6.07) is 0. The van der Waals surface area contributed by atoms with Crippen LogP contribution in [0.4, 0.5) is 0 Å². The molecule has 4 nitrogen and oxygen atoms in total. The Morgan fingerprint density at radius 3 is 2.82 bits per heavy atom. The molecule has 0 atom stereocenters. The lowest BCUT2D eigenvalue weighted by Crippen LogP contribution is -2.38. The first-order chi connectivity index (χ1) is 10.3. The van der Waals surface area contributed by atoms with Gasteiger partial charge in [0.15, 0.2) is 0 Å². The van der Waals surface area contributed by atoms with Crippen LogP contribution >= 0.6 is 23.7 Å². The molecule has 2 aliphatic rings. The summed E-state index contributed by atoms with van der Waals surface area (Å²) in [7, 11) is 0. The van der Waals surface area contributed by atoms with Crippen molar-refractivity contribution >= 4 is 29.7 Å². The van der Waals surface area contributed by atoms with Crippen LogP contribution in [-0.4, -0.2) is 30.5 Å². The van der Waals surface area contributed by atoms with Crippen LogP contribution in [-0.2, 0) is 24.1 Å². The number of thiazole rings is 1. The lowest BCUT2D eigenvalue weighted by molar-refractivity contribution is -0.125. The number of nitrogens with one attached hydrogen (secondary N) is 2. The summed E-state index contributed by atoms with van der Waals surface area (Å²) in [6.45, 7) is 2.73. The highest BCUT2D eigenvalue weighted by Gasteiger charge is 2.20. The van der Waals surface area contributed by atoms with E-state index in [0.717, 1.165) is 51.7 Å². The van der Waals surface area contributed by atoms with Crippen LogP contribution < -0.4 is 10.6 Å². The highest BCUT2D eigenvalue weighted by Crippen LogP contribution is 2.27. The molecule has 124 valence electrons. The van der Waals surface area contributed by atoms with E-state index in [1.807, 2.05) is 11.3 Å². The zero-order valence-electron chi connectivity index (χ0n) is 13.0. The molecule has 3 rings (SSSR count). The van der Waals surface area contributed by atoms with Gasteiger partial charge in [0.2, 0.25) is 5.91 Å². The molecule has 0 radical (unpaired) electrons. The number of carbonyl (C=O) groups excluding carboxylic acids is 1. The average molecular weight is 344 g/mol. The van der Waals surface area contributed by atoms with E-state index in [1.165, 1.54) is 34.8 Å². The van der Waals surface area contributed by atoms with Crippen LogP contribution in [0.3, 0.4) is 0 Å². The minimum Gasteiger partial charge on any atom is -0.356 e. The summed E-state index contributed by atoms with van der Waals surface area (Å²) in [5, 5.41) is 7.65. The Morgan fingerprint density at radius 1 is 1.27 bits per heavy atom. The molecule has 0 bridgehead atoms. The first-order valence-corrected chi connectivity index (χ1v) is 9.10. The Morgan fingerprint density at radius 2 is 2.05 bits per heavy atom. The molecule has 1 aromatic heterocycles. The maximum atomic E-state index is 12.0. The van der Waals surface area contributed by atoms with Gasteiger partial charge in [-0.05, 0) is 58.0 Å². The number of carbonyl (C=O) groups is 1. The van der Waals surface area contributed by atoms with Crippen LogP contribution in [0.25, 0.3) is 0 Å². The fraction of sp³-hybridized carbons (Fsp3) is 0.750. The van der Waals surface area contributed by atoms with Gasteiger partial charge >= 0.3 is 0 Å². The molecular formula is C16H26ClN3OS. The van der Waals surface area contributed by atoms with Crippen molar-refractivity contribution in [3.8, 4) is 0 Å². The third-order valence-electron chi connectivity index (χ3n) is 4.47. The van der Waals surface area contributed by atoms with Gasteiger partial charge < -0.3 is 10.6 Å². The van der Waals surface area contributed by atoms with Gasteiger partial charge in [0.25, 0.3) is 0 Å². The van der Waals surface area contributed by atoms with E-state index in [9.17, 15) is 4.79 Å². The fourth-order valence-electron chi connectivity index (χ4n) is 3.19. The second-order valence-electron chi connectivity index (χ2n) is 6.10. The molecule has 1 aliphatic heterocycles. The van der Waals surface area contributed by atoms with Crippen LogP contribution in [0.2, 0.25) is 0 Å². The summed E-state index contributed by atoms with van der Waals surface area (Å²) in [6.07, 6.45) is 8.96. The Bertz CT molecular complexity index is 462. The molecule has 1 amide bonds. The fourth-order valence-corrected chi connectivity index (χ4v) is 4.39. The van der Waals surface area contributed by atoms with Gasteiger partial charge in [-0.1, -0.05) is 0 Å². The minimum atomic E-state index is 0. The lowest BCUT2D eigenvalue weighted by Gasteiger charge is -2.21.